The zero-order chi connectivity index (χ0) is 17.6. The van der Waals surface area contributed by atoms with Gasteiger partial charge < -0.3 is 0 Å². The van der Waals surface area contributed by atoms with Crippen molar-refractivity contribution in [1.29, 1.82) is 0 Å². The van der Waals surface area contributed by atoms with Crippen molar-refractivity contribution < 1.29 is 0 Å². The summed E-state index contributed by atoms with van der Waals surface area (Å²) in [5.41, 5.74) is 2.69. The molecular formula is C19H18N4OS. The largest absolute Gasteiger partial charge is 0.268 e. The Balaban J connectivity index is 2.05. The minimum atomic E-state index is -0.103. The normalized spacial score (nSPS) is 12.7. The van der Waals surface area contributed by atoms with E-state index in [1.165, 1.54) is 5.56 Å². The first-order valence-electron chi connectivity index (χ1n) is 8.33. The van der Waals surface area contributed by atoms with Crippen molar-refractivity contribution in [2.75, 3.05) is 0 Å². The van der Waals surface area contributed by atoms with Gasteiger partial charge in [0.1, 0.15) is 0 Å². The summed E-state index contributed by atoms with van der Waals surface area (Å²) in [6.07, 6.45) is 1.08. The average molecular weight is 350 g/mol. The third-order valence-corrected chi connectivity index (χ3v) is 5.04. The van der Waals surface area contributed by atoms with Gasteiger partial charge in [-0.05, 0) is 54.4 Å². The fourth-order valence-corrected chi connectivity index (χ4v) is 3.36. The standard InChI is InChI=1S/C19H18N4OS/c1-3-12(2)13-8-10-14(11-9-13)22-17(24)15-6-4-5-7-16(15)23-18(22)20-21-19(23)25/h4-12H,3H2,1-2H3,(H,21,25)/t12-/m1/s1. The van der Waals surface area contributed by atoms with E-state index in [2.05, 4.69) is 36.2 Å². The number of nitrogens with one attached hydrogen (secondary N) is 1. The molecule has 0 radical (unpaired) electrons. The Labute approximate surface area is 149 Å². The van der Waals surface area contributed by atoms with E-state index in [4.69, 9.17) is 12.2 Å². The number of hydrogen-bond donors (Lipinski definition) is 1. The Morgan fingerprint density at radius 1 is 1.16 bits per heavy atom. The highest BCUT2D eigenvalue weighted by atomic mass is 32.1. The Morgan fingerprint density at radius 3 is 2.60 bits per heavy atom. The molecule has 25 heavy (non-hydrogen) atoms. The fourth-order valence-electron chi connectivity index (χ4n) is 3.14. The van der Waals surface area contributed by atoms with Crippen molar-refractivity contribution in [1.82, 2.24) is 19.2 Å². The summed E-state index contributed by atoms with van der Waals surface area (Å²) in [4.78, 5) is 13.1. The SMILES string of the molecule is CC[C@@H](C)c1ccc(-n2c(=O)c3ccccc3n3c(=S)[nH]nc23)cc1. The molecule has 4 rings (SSSR count). The molecule has 5 nitrogen and oxygen atoms in total. The highest BCUT2D eigenvalue weighted by Crippen LogP contribution is 2.21. The number of aromatic nitrogens is 4. The van der Waals surface area contributed by atoms with Crippen LogP contribution in [-0.2, 0) is 0 Å². The molecule has 0 saturated carbocycles. The third-order valence-electron chi connectivity index (χ3n) is 4.77. The van der Waals surface area contributed by atoms with Gasteiger partial charge in [-0.25, -0.2) is 9.67 Å². The molecule has 0 spiro atoms. The van der Waals surface area contributed by atoms with Gasteiger partial charge >= 0.3 is 0 Å². The molecule has 2 aromatic carbocycles. The molecule has 1 atom stereocenters. The van der Waals surface area contributed by atoms with Crippen molar-refractivity contribution in [2.45, 2.75) is 26.2 Å². The Bertz CT molecular complexity index is 1180. The van der Waals surface area contributed by atoms with Gasteiger partial charge in [0, 0.05) is 0 Å². The van der Waals surface area contributed by atoms with Crippen molar-refractivity contribution in [3.63, 3.8) is 0 Å². The smallest absolute Gasteiger partial charge is 0.267 e. The molecule has 0 aliphatic carbocycles. The van der Waals surface area contributed by atoms with Crippen LogP contribution in [0.5, 0.6) is 0 Å². The summed E-state index contributed by atoms with van der Waals surface area (Å²) >= 11 is 5.37. The van der Waals surface area contributed by atoms with Gasteiger partial charge in [0.25, 0.3) is 5.56 Å². The number of benzene rings is 2. The summed E-state index contributed by atoms with van der Waals surface area (Å²) in [5.74, 6) is 0.978. The molecule has 0 saturated heterocycles. The van der Waals surface area contributed by atoms with Gasteiger partial charge in [-0.2, -0.15) is 0 Å². The quantitative estimate of drug-likeness (QED) is 0.563. The average Bonchev–Trinajstić information content (AvgIpc) is 3.03. The van der Waals surface area contributed by atoms with Crippen LogP contribution in [0.3, 0.4) is 0 Å². The maximum absolute atomic E-state index is 13.1. The zero-order valence-corrected chi connectivity index (χ0v) is 14.9. The van der Waals surface area contributed by atoms with Crippen LogP contribution in [0.2, 0.25) is 0 Å². The first-order chi connectivity index (χ1) is 12.1. The van der Waals surface area contributed by atoms with E-state index in [9.17, 15) is 4.79 Å². The molecule has 1 N–H and O–H groups in total. The lowest BCUT2D eigenvalue weighted by atomic mass is 9.98. The van der Waals surface area contributed by atoms with E-state index in [-0.39, 0.29) is 5.56 Å². The molecule has 0 bridgehead atoms. The van der Waals surface area contributed by atoms with E-state index >= 15 is 0 Å². The Morgan fingerprint density at radius 2 is 1.88 bits per heavy atom. The molecule has 0 fully saturated rings. The molecule has 0 unspecified atom stereocenters. The first kappa shape index (κ1) is 15.8. The highest BCUT2D eigenvalue weighted by molar-refractivity contribution is 7.71. The van der Waals surface area contributed by atoms with Crippen molar-refractivity contribution in [3.8, 4) is 5.69 Å². The van der Waals surface area contributed by atoms with E-state index in [0.717, 1.165) is 17.6 Å². The Hall–Kier alpha value is -2.73. The van der Waals surface area contributed by atoms with Crippen LogP contribution >= 0.6 is 12.2 Å². The van der Waals surface area contributed by atoms with Crippen LogP contribution in [0.15, 0.2) is 53.3 Å². The van der Waals surface area contributed by atoms with Gasteiger partial charge in [-0.3, -0.25) is 9.20 Å². The van der Waals surface area contributed by atoms with Gasteiger partial charge in [-0.1, -0.05) is 38.1 Å². The first-order valence-corrected chi connectivity index (χ1v) is 8.74. The topological polar surface area (TPSA) is 55.1 Å². The van der Waals surface area contributed by atoms with E-state index in [1.54, 1.807) is 8.97 Å². The summed E-state index contributed by atoms with van der Waals surface area (Å²) in [6, 6.07) is 15.5. The van der Waals surface area contributed by atoms with Crippen LogP contribution in [-0.4, -0.2) is 19.2 Å². The van der Waals surface area contributed by atoms with Crippen LogP contribution in [0.1, 0.15) is 31.7 Å². The summed E-state index contributed by atoms with van der Waals surface area (Å²) in [5, 5.41) is 7.70. The number of hydrogen-bond acceptors (Lipinski definition) is 3. The van der Waals surface area contributed by atoms with E-state index in [0.29, 0.717) is 21.9 Å². The summed E-state index contributed by atoms with van der Waals surface area (Å²) in [7, 11) is 0. The van der Waals surface area contributed by atoms with Gasteiger partial charge in [0.2, 0.25) is 10.5 Å². The van der Waals surface area contributed by atoms with E-state index in [1.807, 2.05) is 36.4 Å². The fraction of sp³-hybridized carbons (Fsp3) is 0.211. The zero-order valence-electron chi connectivity index (χ0n) is 14.1. The number of H-pyrrole nitrogens is 1. The molecule has 2 heterocycles. The molecule has 0 aliphatic rings. The number of para-hydroxylation sites is 1. The molecular weight excluding hydrogens is 332 g/mol. The molecule has 2 aromatic heterocycles. The van der Waals surface area contributed by atoms with Gasteiger partial charge in [-0.15, -0.1) is 5.10 Å². The Kier molecular flexibility index (Phi) is 3.77. The second kappa shape index (κ2) is 5.97. The maximum atomic E-state index is 13.1. The van der Waals surface area contributed by atoms with Crippen LogP contribution < -0.4 is 5.56 Å². The predicted molar refractivity (Wildman–Crippen MR) is 102 cm³/mol. The molecule has 0 amide bonds. The van der Waals surface area contributed by atoms with Crippen molar-refractivity contribution in [2.24, 2.45) is 0 Å². The number of rotatable bonds is 3. The van der Waals surface area contributed by atoms with Crippen LogP contribution in [0, 0.1) is 4.77 Å². The molecule has 126 valence electrons. The molecule has 0 aliphatic heterocycles. The monoisotopic (exact) mass is 350 g/mol. The van der Waals surface area contributed by atoms with E-state index < -0.39 is 0 Å². The maximum Gasteiger partial charge on any atom is 0.267 e. The van der Waals surface area contributed by atoms with Crippen molar-refractivity contribution >= 4 is 28.9 Å². The highest BCUT2D eigenvalue weighted by Gasteiger charge is 2.14. The number of aromatic amines is 1. The van der Waals surface area contributed by atoms with Gasteiger partial charge in [0.05, 0.1) is 16.6 Å². The van der Waals surface area contributed by atoms with Crippen molar-refractivity contribution in [3.05, 3.63) is 69.2 Å². The van der Waals surface area contributed by atoms with Gasteiger partial charge in [0.15, 0.2) is 0 Å². The second-order valence-electron chi connectivity index (χ2n) is 6.22. The lowest BCUT2D eigenvalue weighted by Crippen LogP contribution is -2.21. The lowest BCUT2D eigenvalue weighted by Gasteiger charge is -2.12. The minimum Gasteiger partial charge on any atom is -0.268 e. The lowest BCUT2D eigenvalue weighted by molar-refractivity contribution is 0.733. The molecule has 6 heteroatoms. The summed E-state index contributed by atoms with van der Waals surface area (Å²) < 4.78 is 3.88. The minimum absolute atomic E-state index is 0.103. The summed E-state index contributed by atoms with van der Waals surface area (Å²) in [6.45, 7) is 4.36. The predicted octanol–water partition coefficient (Wildman–Crippen LogP) is 4.21. The third kappa shape index (κ3) is 2.41. The van der Waals surface area contributed by atoms with Crippen LogP contribution in [0.25, 0.3) is 22.4 Å². The number of nitrogens with zero attached hydrogens (tertiary/aromatic N) is 3. The number of fused-ring (bicyclic) bond motifs is 3. The molecule has 4 aromatic rings. The second-order valence-corrected chi connectivity index (χ2v) is 6.61. The van der Waals surface area contributed by atoms with Crippen LogP contribution in [0.4, 0.5) is 0 Å².